The van der Waals surface area contributed by atoms with Crippen molar-refractivity contribution in [2.45, 2.75) is 33.0 Å². The van der Waals surface area contributed by atoms with E-state index in [9.17, 15) is 14.7 Å². The minimum Gasteiger partial charge on any atom is -0.488 e. The third-order valence-corrected chi connectivity index (χ3v) is 7.01. The summed E-state index contributed by atoms with van der Waals surface area (Å²) in [7, 11) is 1.51. The van der Waals surface area contributed by atoms with Gasteiger partial charge in [0, 0.05) is 13.1 Å². The van der Waals surface area contributed by atoms with E-state index >= 15 is 0 Å². The summed E-state index contributed by atoms with van der Waals surface area (Å²) in [6.45, 7) is 4.80. The number of ether oxygens (including phenoxy) is 2. The summed E-state index contributed by atoms with van der Waals surface area (Å²) in [6, 6.07) is 29.7. The van der Waals surface area contributed by atoms with E-state index in [-0.39, 0.29) is 23.8 Å². The van der Waals surface area contributed by atoms with Crippen molar-refractivity contribution in [2.24, 2.45) is 0 Å². The number of aromatic nitrogens is 1. The summed E-state index contributed by atoms with van der Waals surface area (Å²) in [4.78, 5) is 24.4. The van der Waals surface area contributed by atoms with Gasteiger partial charge in [0.15, 0.2) is 11.5 Å². The van der Waals surface area contributed by atoms with Crippen LogP contribution in [0, 0.1) is 0 Å². The van der Waals surface area contributed by atoms with Crippen molar-refractivity contribution in [3.8, 4) is 33.9 Å². The molecule has 218 valence electrons. The van der Waals surface area contributed by atoms with E-state index in [1.54, 1.807) is 12.1 Å². The van der Waals surface area contributed by atoms with Crippen molar-refractivity contribution in [3.63, 3.8) is 0 Å². The highest BCUT2D eigenvalue weighted by Gasteiger charge is 2.28. The average molecular weight is 577 g/mol. The normalized spacial score (nSPS) is 10.9. The molecular formula is C35H32N2O6. The van der Waals surface area contributed by atoms with Crippen LogP contribution < -0.4 is 14.8 Å². The quantitative estimate of drug-likeness (QED) is 0.169. The van der Waals surface area contributed by atoms with Crippen molar-refractivity contribution in [1.29, 1.82) is 0 Å². The zero-order valence-corrected chi connectivity index (χ0v) is 24.2. The third-order valence-electron chi connectivity index (χ3n) is 7.01. The molecule has 0 aliphatic carbocycles. The first kappa shape index (κ1) is 29.1. The Bertz CT molecular complexity index is 1710. The lowest BCUT2D eigenvalue weighted by molar-refractivity contribution is 0.0696. The second kappa shape index (κ2) is 13.1. The Hall–Kier alpha value is -5.37. The summed E-state index contributed by atoms with van der Waals surface area (Å²) in [5, 5.41) is 16.2. The first-order chi connectivity index (χ1) is 20.9. The van der Waals surface area contributed by atoms with Gasteiger partial charge in [-0.15, -0.1) is 0 Å². The van der Waals surface area contributed by atoms with Gasteiger partial charge < -0.3 is 24.4 Å². The molecule has 1 aromatic heterocycles. The molecule has 0 saturated carbocycles. The van der Waals surface area contributed by atoms with Crippen molar-refractivity contribution in [2.75, 3.05) is 7.05 Å². The lowest BCUT2D eigenvalue weighted by Gasteiger charge is -2.19. The second-order valence-corrected chi connectivity index (χ2v) is 10.3. The fourth-order valence-corrected chi connectivity index (χ4v) is 4.72. The van der Waals surface area contributed by atoms with Gasteiger partial charge in [0.2, 0.25) is 0 Å². The van der Waals surface area contributed by atoms with Gasteiger partial charge in [-0.3, -0.25) is 4.79 Å². The number of carboxylic acid groups (broad SMARTS) is 1. The van der Waals surface area contributed by atoms with Gasteiger partial charge in [0.05, 0.1) is 16.7 Å². The first-order valence-corrected chi connectivity index (χ1v) is 13.9. The van der Waals surface area contributed by atoms with E-state index in [0.717, 1.165) is 16.7 Å². The number of rotatable bonds is 11. The Morgan fingerprint density at radius 3 is 1.95 bits per heavy atom. The van der Waals surface area contributed by atoms with Crippen molar-refractivity contribution in [1.82, 2.24) is 10.5 Å². The summed E-state index contributed by atoms with van der Waals surface area (Å²) >= 11 is 0. The van der Waals surface area contributed by atoms with Gasteiger partial charge >= 0.3 is 5.97 Å². The van der Waals surface area contributed by atoms with Gasteiger partial charge in [-0.25, -0.2) is 4.79 Å². The molecule has 4 aromatic carbocycles. The van der Waals surface area contributed by atoms with Crippen LogP contribution in [0.5, 0.6) is 11.5 Å². The Kier molecular flexibility index (Phi) is 8.86. The molecule has 5 aromatic rings. The summed E-state index contributed by atoms with van der Waals surface area (Å²) in [5.74, 6) is 0.0656. The van der Waals surface area contributed by atoms with E-state index in [1.807, 2.05) is 72.8 Å². The predicted octanol–water partition coefficient (Wildman–Crippen LogP) is 7.35. The molecule has 0 atom stereocenters. The van der Waals surface area contributed by atoms with Crippen LogP contribution in [0.2, 0.25) is 0 Å². The van der Waals surface area contributed by atoms with Gasteiger partial charge in [-0.2, -0.15) is 0 Å². The molecule has 5 rings (SSSR count). The summed E-state index contributed by atoms with van der Waals surface area (Å²) in [6.07, 6.45) is 0. The molecule has 1 heterocycles. The highest BCUT2D eigenvalue weighted by Crippen LogP contribution is 2.44. The Balaban J connectivity index is 1.66. The van der Waals surface area contributed by atoms with E-state index in [0.29, 0.717) is 40.6 Å². The number of aromatic carboxylic acids is 1. The molecule has 0 aliphatic heterocycles. The number of nitrogens with zero attached hydrogens (tertiary/aromatic N) is 1. The molecule has 0 radical (unpaired) electrons. The number of amides is 1. The largest absolute Gasteiger partial charge is 0.488 e. The monoisotopic (exact) mass is 576 g/mol. The third kappa shape index (κ3) is 6.59. The molecular weight excluding hydrogens is 544 g/mol. The fraction of sp³-hybridized carbons (Fsp3) is 0.171. The van der Waals surface area contributed by atoms with E-state index in [2.05, 4.69) is 24.3 Å². The number of carboxylic acids is 1. The molecule has 0 spiro atoms. The maximum Gasteiger partial charge on any atom is 0.335 e. The first-order valence-electron chi connectivity index (χ1n) is 13.9. The van der Waals surface area contributed by atoms with Gasteiger partial charge in [0.25, 0.3) is 5.91 Å². The predicted molar refractivity (Wildman–Crippen MR) is 163 cm³/mol. The summed E-state index contributed by atoms with van der Waals surface area (Å²) in [5.41, 5.74) is 4.71. The van der Waals surface area contributed by atoms with Gasteiger partial charge in [0.1, 0.15) is 24.7 Å². The molecule has 0 fully saturated rings. The van der Waals surface area contributed by atoms with Gasteiger partial charge in [-0.05, 0) is 46.4 Å². The van der Waals surface area contributed by atoms with Gasteiger partial charge in [-0.1, -0.05) is 91.8 Å². The van der Waals surface area contributed by atoms with Crippen LogP contribution in [0.15, 0.2) is 102 Å². The van der Waals surface area contributed by atoms with Crippen LogP contribution in [0.1, 0.15) is 57.3 Å². The highest BCUT2D eigenvalue weighted by molar-refractivity contribution is 6.02. The number of carbonyl (C=O) groups is 2. The molecule has 8 heteroatoms. The summed E-state index contributed by atoms with van der Waals surface area (Å²) < 4.78 is 18.6. The SMILES string of the molecule is CNC(=O)c1noc(-c2cc(C(C)C)c(OCc3ccccc3)cc2OCc2ccccc2)c1-c1ccc(C(=O)O)cc1. The Morgan fingerprint density at radius 1 is 0.837 bits per heavy atom. The number of benzene rings is 4. The molecule has 8 nitrogen and oxygen atoms in total. The van der Waals surface area contributed by atoms with E-state index in [4.69, 9.17) is 14.0 Å². The lowest BCUT2D eigenvalue weighted by Crippen LogP contribution is -2.19. The lowest BCUT2D eigenvalue weighted by atomic mass is 9.93. The molecule has 0 bridgehead atoms. The zero-order valence-electron chi connectivity index (χ0n) is 24.2. The minimum absolute atomic E-state index is 0.0742. The molecule has 2 N–H and O–H groups in total. The highest BCUT2D eigenvalue weighted by atomic mass is 16.5. The van der Waals surface area contributed by atoms with Crippen molar-refractivity contribution in [3.05, 3.63) is 125 Å². The van der Waals surface area contributed by atoms with Crippen molar-refractivity contribution < 1.29 is 28.7 Å². The average Bonchev–Trinajstić information content (AvgIpc) is 3.48. The van der Waals surface area contributed by atoms with E-state index in [1.165, 1.54) is 19.2 Å². The molecule has 0 aliphatic rings. The Morgan fingerprint density at radius 2 is 1.42 bits per heavy atom. The molecule has 0 saturated heterocycles. The van der Waals surface area contributed by atoms with Crippen LogP contribution in [-0.4, -0.2) is 29.2 Å². The maximum absolute atomic E-state index is 12.9. The number of hydrogen-bond acceptors (Lipinski definition) is 6. The van der Waals surface area contributed by atoms with Crippen LogP contribution in [-0.2, 0) is 13.2 Å². The molecule has 1 amide bonds. The van der Waals surface area contributed by atoms with Crippen LogP contribution in [0.3, 0.4) is 0 Å². The molecule has 0 unspecified atom stereocenters. The van der Waals surface area contributed by atoms with Crippen molar-refractivity contribution >= 4 is 11.9 Å². The van der Waals surface area contributed by atoms with Crippen LogP contribution >= 0.6 is 0 Å². The van der Waals surface area contributed by atoms with Crippen LogP contribution in [0.25, 0.3) is 22.5 Å². The smallest absolute Gasteiger partial charge is 0.335 e. The Labute approximate surface area is 249 Å². The number of hydrogen-bond donors (Lipinski definition) is 2. The maximum atomic E-state index is 12.9. The zero-order chi connectivity index (χ0) is 30.3. The minimum atomic E-state index is -1.05. The number of carbonyl (C=O) groups excluding carboxylic acids is 1. The van der Waals surface area contributed by atoms with Crippen LogP contribution in [0.4, 0.5) is 0 Å². The fourth-order valence-electron chi connectivity index (χ4n) is 4.72. The van der Waals surface area contributed by atoms with E-state index < -0.39 is 11.9 Å². The second-order valence-electron chi connectivity index (χ2n) is 10.3. The standard InChI is InChI=1S/C35H32N2O6/c1-22(2)27-18-28(33-31(32(37-43-33)34(38)36-3)25-14-16-26(17-15-25)35(39)40)30(42-21-24-12-8-5-9-13-24)19-29(27)41-20-23-10-6-4-7-11-23/h4-19,22H,20-21H2,1-3H3,(H,36,38)(H,39,40). The molecule has 43 heavy (non-hydrogen) atoms. The number of nitrogens with one attached hydrogen (secondary N) is 1. The topological polar surface area (TPSA) is 111 Å².